The van der Waals surface area contributed by atoms with Crippen molar-refractivity contribution >= 4 is 22.0 Å². The lowest BCUT2D eigenvalue weighted by atomic mass is 10.2. The molecule has 0 aliphatic carbocycles. The first-order chi connectivity index (χ1) is 6.95. The zero-order valence-electron chi connectivity index (χ0n) is 7.81. The van der Waals surface area contributed by atoms with Gasteiger partial charge in [0.15, 0.2) is 0 Å². The molecule has 0 radical (unpaired) electrons. The fourth-order valence-electron chi connectivity index (χ4n) is 1.99. The summed E-state index contributed by atoms with van der Waals surface area (Å²) in [5.74, 6) is 0. The van der Waals surface area contributed by atoms with Gasteiger partial charge in [-0.15, -0.1) is 11.3 Å². The van der Waals surface area contributed by atoms with Crippen LogP contribution in [-0.4, -0.2) is 6.54 Å². The first-order valence-electron chi connectivity index (χ1n) is 4.84. The van der Waals surface area contributed by atoms with Crippen LogP contribution in [0.4, 0.5) is 10.7 Å². The van der Waals surface area contributed by atoms with Gasteiger partial charge in [0.2, 0.25) is 0 Å². The third-order valence-electron chi connectivity index (χ3n) is 2.66. The van der Waals surface area contributed by atoms with E-state index in [1.165, 1.54) is 22.7 Å². The van der Waals surface area contributed by atoms with Gasteiger partial charge in [-0.05, 0) is 35.6 Å². The SMILES string of the molecule is c1csc(N2CCc3ccccc32)c1. The molecule has 0 bridgehead atoms. The summed E-state index contributed by atoms with van der Waals surface area (Å²) in [7, 11) is 0. The molecule has 1 aromatic heterocycles. The molecule has 0 unspecified atom stereocenters. The second-order valence-electron chi connectivity index (χ2n) is 3.48. The molecule has 14 heavy (non-hydrogen) atoms. The molecule has 2 aromatic rings. The Bertz CT molecular complexity index is 433. The predicted octanol–water partition coefficient (Wildman–Crippen LogP) is 3.44. The van der Waals surface area contributed by atoms with Gasteiger partial charge in [-0.25, -0.2) is 0 Å². The van der Waals surface area contributed by atoms with Gasteiger partial charge in [-0.3, -0.25) is 0 Å². The van der Waals surface area contributed by atoms with E-state index in [0.717, 1.165) is 6.54 Å². The van der Waals surface area contributed by atoms with Crippen molar-refractivity contribution in [2.24, 2.45) is 0 Å². The van der Waals surface area contributed by atoms with Gasteiger partial charge in [0.05, 0.1) is 5.00 Å². The number of hydrogen-bond acceptors (Lipinski definition) is 2. The van der Waals surface area contributed by atoms with Crippen molar-refractivity contribution in [3.63, 3.8) is 0 Å². The van der Waals surface area contributed by atoms with Crippen LogP contribution in [0, 0.1) is 0 Å². The van der Waals surface area contributed by atoms with Crippen LogP contribution < -0.4 is 4.90 Å². The lowest BCUT2D eigenvalue weighted by Crippen LogP contribution is -2.11. The van der Waals surface area contributed by atoms with Crippen molar-refractivity contribution in [3.8, 4) is 0 Å². The van der Waals surface area contributed by atoms with E-state index >= 15 is 0 Å². The average molecular weight is 201 g/mol. The Morgan fingerprint density at radius 3 is 2.86 bits per heavy atom. The highest BCUT2D eigenvalue weighted by Gasteiger charge is 2.19. The first-order valence-corrected chi connectivity index (χ1v) is 5.72. The largest absolute Gasteiger partial charge is 0.333 e. The summed E-state index contributed by atoms with van der Waals surface area (Å²) in [4.78, 5) is 2.40. The van der Waals surface area contributed by atoms with Crippen molar-refractivity contribution in [3.05, 3.63) is 47.3 Å². The molecule has 2 heteroatoms. The molecule has 0 saturated carbocycles. The molecule has 0 atom stereocenters. The zero-order chi connectivity index (χ0) is 9.38. The molecule has 3 rings (SSSR count). The Balaban J connectivity index is 2.06. The average Bonchev–Trinajstić information content (AvgIpc) is 2.85. The third-order valence-corrected chi connectivity index (χ3v) is 3.55. The minimum absolute atomic E-state index is 1.12. The van der Waals surface area contributed by atoms with Gasteiger partial charge in [-0.2, -0.15) is 0 Å². The molecule has 0 saturated heterocycles. The fraction of sp³-hybridized carbons (Fsp3) is 0.167. The maximum Gasteiger partial charge on any atom is 0.0953 e. The highest BCUT2D eigenvalue weighted by atomic mass is 32.1. The second kappa shape index (κ2) is 3.14. The smallest absolute Gasteiger partial charge is 0.0953 e. The van der Waals surface area contributed by atoms with Gasteiger partial charge in [-0.1, -0.05) is 18.2 Å². The van der Waals surface area contributed by atoms with E-state index in [9.17, 15) is 0 Å². The number of benzene rings is 1. The third kappa shape index (κ3) is 1.15. The molecule has 70 valence electrons. The lowest BCUT2D eigenvalue weighted by Gasteiger charge is -2.16. The Morgan fingerprint density at radius 2 is 2.00 bits per heavy atom. The van der Waals surface area contributed by atoms with Gasteiger partial charge >= 0.3 is 0 Å². The van der Waals surface area contributed by atoms with E-state index in [4.69, 9.17) is 0 Å². The van der Waals surface area contributed by atoms with Crippen LogP contribution in [0.15, 0.2) is 41.8 Å². The number of nitrogens with zero attached hydrogens (tertiary/aromatic N) is 1. The van der Waals surface area contributed by atoms with E-state index in [0.29, 0.717) is 0 Å². The number of anilines is 2. The molecule has 1 nitrogen and oxygen atoms in total. The van der Waals surface area contributed by atoms with Gasteiger partial charge in [0.1, 0.15) is 0 Å². The highest BCUT2D eigenvalue weighted by Crippen LogP contribution is 2.36. The Labute approximate surface area is 87.6 Å². The quantitative estimate of drug-likeness (QED) is 0.683. The molecule has 1 aliphatic rings. The van der Waals surface area contributed by atoms with Crippen LogP contribution in [0.1, 0.15) is 5.56 Å². The van der Waals surface area contributed by atoms with E-state index in [1.807, 2.05) is 11.3 Å². The van der Waals surface area contributed by atoms with Crippen LogP contribution in [0.3, 0.4) is 0 Å². The molecule has 1 aliphatic heterocycles. The number of hydrogen-bond donors (Lipinski definition) is 0. The molecule has 0 spiro atoms. The number of rotatable bonds is 1. The minimum Gasteiger partial charge on any atom is -0.333 e. The zero-order valence-corrected chi connectivity index (χ0v) is 8.63. The topological polar surface area (TPSA) is 3.24 Å². The molecule has 0 amide bonds. The summed E-state index contributed by atoms with van der Waals surface area (Å²) in [6.45, 7) is 1.12. The van der Waals surface area contributed by atoms with E-state index in [2.05, 4.69) is 46.7 Å². The minimum atomic E-state index is 1.12. The van der Waals surface area contributed by atoms with Crippen molar-refractivity contribution in [1.29, 1.82) is 0 Å². The Morgan fingerprint density at radius 1 is 1.07 bits per heavy atom. The highest BCUT2D eigenvalue weighted by molar-refractivity contribution is 7.14. The van der Waals surface area contributed by atoms with Crippen molar-refractivity contribution in [2.45, 2.75) is 6.42 Å². The Kier molecular flexibility index (Phi) is 1.81. The molecule has 2 heterocycles. The molecule has 0 fully saturated rings. The van der Waals surface area contributed by atoms with Crippen molar-refractivity contribution in [2.75, 3.05) is 11.4 Å². The summed E-state index contributed by atoms with van der Waals surface area (Å²) >= 11 is 1.81. The van der Waals surface area contributed by atoms with Gasteiger partial charge in [0.25, 0.3) is 0 Å². The molecular weight excluding hydrogens is 190 g/mol. The van der Waals surface area contributed by atoms with Gasteiger partial charge < -0.3 is 4.90 Å². The number of thiophene rings is 1. The second-order valence-corrected chi connectivity index (χ2v) is 4.41. The van der Waals surface area contributed by atoms with Gasteiger partial charge in [0, 0.05) is 12.2 Å². The maximum atomic E-state index is 2.40. The van der Waals surface area contributed by atoms with Crippen LogP contribution >= 0.6 is 11.3 Å². The summed E-state index contributed by atoms with van der Waals surface area (Å²) in [5.41, 5.74) is 2.86. The first kappa shape index (κ1) is 8.06. The van der Waals surface area contributed by atoms with Crippen molar-refractivity contribution < 1.29 is 0 Å². The van der Waals surface area contributed by atoms with Crippen LogP contribution in [0.25, 0.3) is 0 Å². The summed E-state index contributed by atoms with van der Waals surface area (Å²) < 4.78 is 0. The predicted molar refractivity (Wildman–Crippen MR) is 61.5 cm³/mol. The van der Waals surface area contributed by atoms with Crippen LogP contribution in [-0.2, 0) is 6.42 Å². The Hall–Kier alpha value is -1.28. The number of fused-ring (bicyclic) bond motifs is 1. The van der Waals surface area contributed by atoms with Crippen molar-refractivity contribution in [1.82, 2.24) is 0 Å². The lowest BCUT2D eigenvalue weighted by molar-refractivity contribution is 1.01. The van der Waals surface area contributed by atoms with E-state index < -0.39 is 0 Å². The fourth-order valence-corrected chi connectivity index (χ4v) is 2.76. The van der Waals surface area contributed by atoms with Crippen LogP contribution in [0.2, 0.25) is 0 Å². The molecule has 1 aromatic carbocycles. The monoisotopic (exact) mass is 201 g/mol. The van der Waals surface area contributed by atoms with E-state index in [1.54, 1.807) is 0 Å². The molecular formula is C12H11NS. The van der Waals surface area contributed by atoms with E-state index in [-0.39, 0.29) is 0 Å². The standard InChI is InChI=1S/C12H11NS/c1-2-5-11-10(4-1)7-8-13(11)12-6-3-9-14-12/h1-6,9H,7-8H2. The summed E-state index contributed by atoms with van der Waals surface area (Å²) in [5, 5.41) is 3.49. The normalized spacial score (nSPS) is 14.4. The number of para-hydroxylation sites is 1. The maximum absolute atomic E-state index is 2.40. The summed E-state index contributed by atoms with van der Waals surface area (Å²) in [6, 6.07) is 13.0. The summed E-state index contributed by atoms with van der Waals surface area (Å²) in [6.07, 6.45) is 1.17. The van der Waals surface area contributed by atoms with Crippen LogP contribution in [0.5, 0.6) is 0 Å². The molecule has 0 N–H and O–H groups in total.